The number of nitrogens with zero attached hydrogens (tertiary/aromatic N) is 2. The molecule has 1 aliphatic heterocycles. The minimum atomic E-state index is -1.39. The van der Waals surface area contributed by atoms with Crippen LogP contribution in [0.1, 0.15) is 36.8 Å². The molecule has 2 aromatic carbocycles. The summed E-state index contributed by atoms with van der Waals surface area (Å²) < 4.78 is 10.9. The Morgan fingerprint density at radius 1 is 1.14 bits per heavy atom. The molecule has 35 heavy (non-hydrogen) atoms. The summed E-state index contributed by atoms with van der Waals surface area (Å²) >= 11 is 0. The van der Waals surface area contributed by atoms with Crippen molar-refractivity contribution in [3.63, 3.8) is 0 Å². The van der Waals surface area contributed by atoms with Gasteiger partial charge in [-0.25, -0.2) is 4.79 Å². The monoisotopic (exact) mass is 478 g/mol. The van der Waals surface area contributed by atoms with Crippen molar-refractivity contribution in [1.82, 2.24) is 9.88 Å². The average molecular weight is 479 g/mol. The van der Waals surface area contributed by atoms with Crippen LogP contribution in [0.15, 0.2) is 60.8 Å². The van der Waals surface area contributed by atoms with Crippen LogP contribution in [0.4, 0.5) is 4.79 Å². The molecule has 2 unspecified atom stereocenters. The van der Waals surface area contributed by atoms with Gasteiger partial charge in [-0.1, -0.05) is 30.3 Å². The third-order valence-electron chi connectivity index (χ3n) is 6.93. The summed E-state index contributed by atoms with van der Waals surface area (Å²) in [7, 11) is 1.66. The quantitative estimate of drug-likeness (QED) is 0.439. The Hall–Kier alpha value is -3.16. The molecule has 2 N–H and O–H groups in total. The van der Waals surface area contributed by atoms with E-state index in [2.05, 4.69) is 11.1 Å². The maximum Gasteiger partial charge on any atom is 0.410 e. The van der Waals surface area contributed by atoms with Crippen LogP contribution in [0.2, 0.25) is 0 Å². The molecule has 1 aliphatic rings. The van der Waals surface area contributed by atoms with E-state index in [1.165, 1.54) is 5.56 Å². The fourth-order valence-electron chi connectivity index (χ4n) is 5.06. The number of benzene rings is 2. The topological polar surface area (TPSA) is 92.1 Å². The van der Waals surface area contributed by atoms with Crippen LogP contribution in [-0.2, 0) is 17.8 Å². The van der Waals surface area contributed by atoms with Gasteiger partial charge in [-0.05, 0) is 72.9 Å². The van der Waals surface area contributed by atoms with Crippen LogP contribution in [0.25, 0.3) is 10.9 Å². The normalized spacial score (nSPS) is 18.1. The molecule has 7 nitrogen and oxygen atoms in total. The number of aryl methyl sites for hydroxylation is 1. The predicted octanol–water partition coefficient (Wildman–Crippen LogP) is 4.54. The Kier molecular flexibility index (Phi) is 8.55. The highest BCUT2D eigenvalue weighted by Crippen LogP contribution is 2.32. The van der Waals surface area contributed by atoms with Gasteiger partial charge in [-0.15, -0.1) is 0 Å². The molecule has 2 atom stereocenters. The number of piperidine rings is 1. The van der Waals surface area contributed by atoms with Crippen molar-refractivity contribution >= 4 is 17.0 Å². The summed E-state index contributed by atoms with van der Waals surface area (Å²) in [5.41, 5.74) is 3.13. The lowest BCUT2D eigenvalue weighted by Crippen LogP contribution is -2.45. The SMILES string of the molecule is COc1ccc2nccc(CCCC3CCN(C(=O)OCc4ccccc4)CC3CC(O)O)c2c1. The summed E-state index contributed by atoms with van der Waals surface area (Å²) in [6, 6.07) is 17.6. The molecule has 0 spiro atoms. The van der Waals surface area contributed by atoms with Crippen LogP contribution in [0, 0.1) is 11.8 Å². The average Bonchev–Trinajstić information content (AvgIpc) is 2.88. The van der Waals surface area contributed by atoms with Crippen molar-refractivity contribution in [3.8, 4) is 5.75 Å². The molecule has 0 bridgehead atoms. The van der Waals surface area contributed by atoms with Gasteiger partial charge in [0.2, 0.25) is 0 Å². The van der Waals surface area contributed by atoms with Gasteiger partial charge in [0.15, 0.2) is 6.29 Å². The number of amides is 1. The Bertz CT molecular complexity index is 1100. The zero-order valence-electron chi connectivity index (χ0n) is 20.2. The second kappa shape index (κ2) is 12.0. The number of methoxy groups -OCH3 is 1. The number of pyridine rings is 1. The zero-order valence-corrected chi connectivity index (χ0v) is 20.2. The third kappa shape index (κ3) is 6.71. The molecule has 1 fully saturated rings. The first-order chi connectivity index (χ1) is 17.0. The lowest BCUT2D eigenvalue weighted by Gasteiger charge is -2.38. The maximum absolute atomic E-state index is 12.6. The number of carbonyl (C=O) groups is 1. The van der Waals surface area contributed by atoms with Gasteiger partial charge >= 0.3 is 6.09 Å². The summed E-state index contributed by atoms with van der Waals surface area (Å²) in [4.78, 5) is 18.8. The molecule has 1 saturated heterocycles. The number of aliphatic hydroxyl groups is 2. The molecule has 186 valence electrons. The van der Waals surface area contributed by atoms with Gasteiger partial charge in [0.25, 0.3) is 0 Å². The molecule has 7 heteroatoms. The minimum Gasteiger partial charge on any atom is -0.497 e. The van der Waals surface area contributed by atoms with Crippen LogP contribution < -0.4 is 4.74 Å². The second-order valence-corrected chi connectivity index (χ2v) is 9.26. The Morgan fingerprint density at radius 3 is 2.74 bits per heavy atom. The number of carbonyl (C=O) groups excluding carboxylic acids is 1. The van der Waals surface area contributed by atoms with Crippen molar-refractivity contribution in [3.05, 3.63) is 71.9 Å². The number of fused-ring (bicyclic) bond motifs is 1. The molecular formula is C28H34N2O5. The summed E-state index contributed by atoms with van der Waals surface area (Å²) in [6.07, 6.45) is 4.01. The van der Waals surface area contributed by atoms with Gasteiger partial charge in [-0.2, -0.15) is 0 Å². The zero-order chi connectivity index (χ0) is 24.6. The van der Waals surface area contributed by atoms with E-state index < -0.39 is 6.29 Å². The number of aliphatic hydroxyl groups excluding tert-OH is 1. The minimum absolute atomic E-state index is 0.0160. The van der Waals surface area contributed by atoms with Crippen LogP contribution in [0.3, 0.4) is 0 Å². The fraction of sp³-hybridized carbons (Fsp3) is 0.429. The first-order valence-corrected chi connectivity index (χ1v) is 12.3. The largest absolute Gasteiger partial charge is 0.497 e. The standard InChI is InChI=1S/C28H34N2O5/c1-34-24-10-11-26-25(17-24)22(12-14-29-26)9-5-8-21-13-15-30(18-23(21)16-27(31)32)28(33)35-19-20-6-3-2-4-7-20/h2-4,6-7,10-12,14,17,21,23,27,31-32H,5,8-9,13,15-16,18-19H2,1H3. The fourth-order valence-corrected chi connectivity index (χ4v) is 5.06. The van der Waals surface area contributed by atoms with E-state index in [9.17, 15) is 15.0 Å². The molecule has 0 saturated carbocycles. The summed E-state index contributed by atoms with van der Waals surface area (Å²) in [6.45, 7) is 1.33. The van der Waals surface area contributed by atoms with Crippen molar-refractivity contribution in [2.45, 2.75) is 45.0 Å². The van der Waals surface area contributed by atoms with Crippen LogP contribution in [-0.4, -0.2) is 52.7 Å². The molecule has 1 amide bonds. The van der Waals surface area contributed by atoms with Crippen molar-refractivity contribution in [2.75, 3.05) is 20.2 Å². The number of aromatic nitrogens is 1. The molecule has 2 heterocycles. The molecular weight excluding hydrogens is 444 g/mol. The summed E-state index contributed by atoms with van der Waals surface area (Å²) in [5, 5.41) is 20.4. The van der Waals surface area contributed by atoms with Crippen molar-refractivity contribution in [1.29, 1.82) is 0 Å². The lowest BCUT2D eigenvalue weighted by atomic mass is 9.80. The highest BCUT2D eigenvalue weighted by atomic mass is 16.6. The number of ether oxygens (including phenoxy) is 2. The highest BCUT2D eigenvalue weighted by Gasteiger charge is 2.33. The van der Waals surface area contributed by atoms with E-state index in [0.29, 0.717) is 19.0 Å². The van der Waals surface area contributed by atoms with E-state index in [1.807, 2.05) is 54.7 Å². The van der Waals surface area contributed by atoms with Gasteiger partial charge < -0.3 is 24.6 Å². The number of hydrogen-bond donors (Lipinski definition) is 2. The predicted molar refractivity (Wildman–Crippen MR) is 134 cm³/mol. The van der Waals surface area contributed by atoms with Gasteiger partial charge in [0.1, 0.15) is 12.4 Å². The molecule has 0 aliphatic carbocycles. The first-order valence-electron chi connectivity index (χ1n) is 12.3. The summed E-state index contributed by atoms with van der Waals surface area (Å²) in [5.74, 6) is 1.15. The molecule has 1 aromatic heterocycles. The van der Waals surface area contributed by atoms with E-state index in [1.54, 1.807) is 12.0 Å². The Labute approximate surface area is 206 Å². The molecule has 4 rings (SSSR count). The number of likely N-dealkylation sites (tertiary alicyclic amines) is 1. The molecule has 0 radical (unpaired) electrons. The van der Waals surface area contributed by atoms with E-state index >= 15 is 0 Å². The maximum atomic E-state index is 12.6. The van der Waals surface area contributed by atoms with E-state index in [4.69, 9.17) is 9.47 Å². The van der Waals surface area contributed by atoms with Gasteiger partial charge in [0, 0.05) is 31.1 Å². The number of rotatable bonds is 9. The van der Waals surface area contributed by atoms with Gasteiger partial charge in [0.05, 0.1) is 12.6 Å². The van der Waals surface area contributed by atoms with Crippen molar-refractivity contribution < 1.29 is 24.5 Å². The highest BCUT2D eigenvalue weighted by molar-refractivity contribution is 5.83. The Morgan fingerprint density at radius 2 is 1.97 bits per heavy atom. The first kappa shape index (κ1) is 24.9. The van der Waals surface area contributed by atoms with E-state index in [0.717, 1.165) is 47.9 Å². The lowest BCUT2D eigenvalue weighted by molar-refractivity contribution is -0.0698. The third-order valence-corrected chi connectivity index (χ3v) is 6.93. The van der Waals surface area contributed by atoms with Crippen LogP contribution in [0.5, 0.6) is 5.75 Å². The number of hydrogen-bond acceptors (Lipinski definition) is 6. The Balaban J connectivity index is 1.34. The molecule has 3 aromatic rings. The van der Waals surface area contributed by atoms with Crippen LogP contribution >= 0.6 is 0 Å². The second-order valence-electron chi connectivity index (χ2n) is 9.26. The van der Waals surface area contributed by atoms with Crippen molar-refractivity contribution in [2.24, 2.45) is 11.8 Å². The van der Waals surface area contributed by atoms with Gasteiger partial charge in [-0.3, -0.25) is 4.98 Å². The van der Waals surface area contributed by atoms with E-state index in [-0.39, 0.29) is 25.0 Å². The smallest absolute Gasteiger partial charge is 0.410 e.